The largest absolute Gasteiger partial charge is 0.481 e. The van der Waals surface area contributed by atoms with E-state index in [9.17, 15) is 19.4 Å². The molecule has 2 unspecified atom stereocenters. The van der Waals surface area contributed by atoms with E-state index in [4.69, 9.17) is 5.11 Å². The van der Waals surface area contributed by atoms with Crippen LogP contribution in [0.5, 0.6) is 0 Å². The van der Waals surface area contributed by atoms with Gasteiger partial charge < -0.3 is 19.9 Å². The fourth-order valence-corrected chi connectivity index (χ4v) is 3.10. The third kappa shape index (κ3) is 5.52. The number of hydrogen-bond acceptors (Lipinski definition) is 3. The van der Waals surface area contributed by atoms with Crippen molar-refractivity contribution in [3.63, 3.8) is 0 Å². The highest BCUT2D eigenvalue weighted by molar-refractivity contribution is 5.77. The van der Waals surface area contributed by atoms with Gasteiger partial charge in [-0.2, -0.15) is 0 Å². The number of carbonyl (C=O) groups is 1. The Balaban J connectivity index is 2.31. The fourth-order valence-electron chi connectivity index (χ4n) is 3.10. The van der Waals surface area contributed by atoms with Crippen LogP contribution in [0.2, 0.25) is 0 Å². The number of aromatic nitrogens is 1. The van der Waals surface area contributed by atoms with Crippen molar-refractivity contribution in [1.29, 1.82) is 0 Å². The molecule has 0 bridgehead atoms. The lowest BCUT2D eigenvalue weighted by Crippen LogP contribution is -2.19. The first-order chi connectivity index (χ1) is 12.7. The molecular formula is C21H26FNO4. The van der Waals surface area contributed by atoms with Crippen molar-refractivity contribution >= 4 is 12.0 Å². The van der Waals surface area contributed by atoms with E-state index >= 15 is 0 Å². The average Bonchev–Trinajstić information content (AvgIpc) is 2.89. The van der Waals surface area contributed by atoms with E-state index in [1.54, 1.807) is 24.3 Å². The van der Waals surface area contributed by atoms with Crippen LogP contribution in [0.3, 0.4) is 0 Å². The average molecular weight is 375 g/mol. The summed E-state index contributed by atoms with van der Waals surface area (Å²) < 4.78 is 15.4. The van der Waals surface area contributed by atoms with Crippen LogP contribution in [0.25, 0.3) is 17.2 Å². The second-order valence-corrected chi connectivity index (χ2v) is 6.96. The van der Waals surface area contributed by atoms with Crippen molar-refractivity contribution in [2.45, 2.75) is 51.9 Å². The van der Waals surface area contributed by atoms with Crippen molar-refractivity contribution in [3.8, 4) is 11.1 Å². The molecule has 1 aromatic carbocycles. The minimum Gasteiger partial charge on any atom is -0.481 e. The summed E-state index contributed by atoms with van der Waals surface area (Å²) in [6.45, 7) is 6.09. The van der Waals surface area contributed by atoms with Crippen LogP contribution < -0.4 is 0 Å². The van der Waals surface area contributed by atoms with E-state index in [1.807, 2.05) is 13.1 Å². The van der Waals surface area contributed by atoms with E-state index < -0.39 is 24.6 Å². The SMILES string of the molecule is Cc1c(/C=C/C(O)CC(O)CC(=O)O)c(-c2ccc(F)cc2)cn1C(C)C. The fraction of sp³-hybridized carbons (Fsp3) is 0.381. The Hall–Kier alpha value is -2.44. The zero-order valence-electron chi connectivity index (χ0n) is 15.8. The van der Waals surface area contributed by atoms with Gasteiger partial charge >= 0.3 is 5.97 Å². The topological polar surface area (TPSA) is 82.7 Å². The predicted octanol–water partition coefficient (Wildman–Crippen LogP) is 3.78. The standard InChI is InChI=1S/C21H26FNO4/c1-13(2)23-12-20(15-4-6-16(22)7-5-15)19(14(23)3)9-8-17(24)10-18(25)11-21(26)27/h4-9,12-13,17-18,24-25H,10-11H2,1-3H3,(H,26,27)/b9-8+. The van der Waals surface area contributed by atoms with Crippen LogP contribution in [0.1, 0.15) is 44.0 Å². The van der Waals surface area contributed by atoms with Crippen LogP contribution in [0.4, 0.5) is 4.39 Å². The first-order valence-corrected chi connectivity index (χ1v) is 8.92. The molecule has 1 heterocycles. The van der Waals surface area contributed by atoms with Gasteiger partial charge in [-0.05, 0) is 38.5 Å². The molecule has 3 N–H and O–H groups in total. The zero-order chi connectivity index (χ0) is 20.1. The molecule has 0 aliphatic carbocycles. The Kier molecular flexibility index (Phi) is 6.93. The van der Waals surface area contributed by atoms with E-state index in [0.717, 1.165) is 22.4 Å². The molecule has 0 fully saturated rings. The van der Waals surface area contributed by atoms with Crippen LogP contribution in [-0.2, 0) is 4.79 Å². The van der Waals surface area contributed by atoms with Gasteiger partial charge in [-0.15, -0.1) is 0 Å². The van der Waals surface area contributed by atoms with Crippen molar-refractivity contribution in [2.24, 2.45) is 0 Å². The summed E-state index contributed by atoms with van der Waals surface area (Å²) in [5.74, 6) is -1.42. The molecule has 2 atom stereocenters. The Morgan fingerprint density at radius 3 is 2.41 bits per heavy atom. The molecule has 27 heavy (non-hydrogen) atoms. The van der Waals surface area contributed by atoms with E-state index in [1.165, 1.54) is 12.1 Å². The Morgan fingerprint density at radius 1 is 1.22 bits per heavy atom. The lowest BCUT2D eigenvalue weighted by atomic mass is 10.0. The van der Waals surface area contributed by atoms with Gasteiger partial charge in [0.05, 0.1) is 18.6 Å². The number of carboxylic acid groups (broad SMARTS) is 1. The summed E-state index contributed by atoms with van der Waals surface area (Å²) in [4.78, 5) is 10.6. The molecule has 0 saturated heterocycles. The van der Waals surface area contributed by atoms with E-state index in [2.05, 4.69) is 18.4 Å². The highest BCUT2D eigenvalue weighted by Crippen LogP contribution is 2.31. The first-order valence-electron chi connectivity index (χ1n) is 8.92. The quantitative estimate of drug-likeness (QED) is 0.656. The number of aliphatic carboxylic acids is 1. The molecule has 2 aromatic rings. The summed E-state index contributed by atoms with van der Waals surface area (Å²) in [7, 11) is 0. The van der Waals surface area contributed by atoms with Crippen LogP contribution >= 0.6 is 0 Å². The molecule has 6 heteroatoms. The molecule has 5 nitrogen and oxygen atoms in total. The summed E-state index contributed by atoms with van der Waals surface area (Å²) in [5, 5.41) is 28.5. The maximum Gasteiger partial charge on any atom is 0.305 e. The molecular weight excluding hydrogens is 349 g/mol. The lowest BCUT2D eigenvalue weighted by Gasteiger charge is -2.11. The molecule has 0 saturated carbocycles. The molecule has 0 aliphatic heterocycles. The van der Waals surface area contributed by atoms with Crippen LogP contribution in [0, 0.1) is 12.7 Å². The summed E-state index contributed by atoms with van der Waals surface area (Å²) >= 11 is 0. The highest BCUT2D eigenvalue weighted by atomic mass is 19.1. The molecule has 1 aromatic heterocycles. The maximum atomic E-state index is 13.3. The van der Waals surface area contributed by atoms with Gasteiger partial charge in [0.2, 0.25) is 0 Å². The summed E-state index contributed by atoms with van der Waals surface area (Å²) in [5.41, 5.74) is 3.66. The van der Waals surface area contributed by atoms with Crippen LogP contribution in [-0.4, -0.2) is 38.1 Å². The number of hydrogen-bond donors (Lipinski definition) is 3. The van der Waals surface area contributed by atoms with Crippen molar-refractivity contribution in [2.75, 3.05) is 0 Å². The molecule has 146 valence electrons. The summed E-state index contributed by atoms with van der Waals surface area (Å²) in [6, 6.07) is 6.45. The van der Waals surface area contributed by atoms with Crippen LogP contribution in [0.15, 0.2) is 36.5 Å². The van der Waals surface area contributed by atoms with Gasteiger partial charge in [0.15, 0.2) is 0 Å². The lowest BCUT2D eigenvalue weighted by molar-refractivity contribution is -0.139. The second kappa shape index (κ2) is 8.97. The Labute approximate surface area is 158 Å². The number of carboxylic acids is 1. The first kappa shape index (κ1) is 20.9. The van der Waals surface area contributed by atoms with Gasteiger partial charge in [0.1, 0.15) is 5.82 Å². The maximum absolute atomic E-state index is 13.3. The second-order valence-electron chi connectivity index (χ2n) is 6.96. The van der Waals surface area contributed by atoms with Gasteiger partial charge in [0.25, 0.3) is 0 Å². The minimum atomic E-state index is -1.11. The predicted molar refractivity (Wildman–Crippen MR) is 103 cm³/mol. The molecule has 0 radical (unpaired) electrons. The molecule has 0 spiro atoms. The smallest absolute Gasteiger partial charge is 0.305 e. The van der Waals surface area contributed by atoms with E-state index in [-0.39, 0.29) is 18.3 Å². The number of rotatable bonds is 8. The van der Waals surface area contributed by atoms with Gasteiger partial charge in [-0.3, -0.25) is 4.79 Å². The van der Waals surface area contributed by atoms with Crippen molar-refractivity contribution in [3.05, 3.63) is 53.6 Å². The number of aliphatic hydroxyl groups is 2. The number of halogens is 1. The minimum absolute atomic E-state index is 0.0569. The van der Waals surface area contributed by atoms with Gasteiger partial charge in [-0.1, -0.05) is 24.3 Å². The Morgan fingerprint density at radius 2 is 1.85 bits per heavy atom. The normalized spacial score (nSPS) is 14.0. The molecule has 0 amide bonds. The third-order valence-corrected chi connectivity index (χ3v) is 4.46. The van der Waals surface area contributed by atoms with Crippen molar-refractivity contribution < 1.29 is 24.5 Å². The van der Waals surface area contributed by atoms with Crippen molar-refractivity contribution in [1.82, 2.24) is 4.57 Å². The Bertz CT molecular complexity index is 808. The zero-order valence-corrected chi connectivity index (χ0v) is 15.8. The van der Waals surface area contributed by atoms with E-state index in [0.29, 0.717) is 0 Å². The number of aliphatic hydroxyl groups excluding tert-OH is 2. The highest BCUT2D eigenvalue weighted by Gasteiger charge is 2.16. The number of benzene rings is 1. The number of nitrogens with zero attached hydrogens (tertiary/aromatic N) is 1. The summed E-state index contributed by atoms with van der Waals surface area (Å²) in [6.07, 6.45) is 2.77. The van der Waals surface area contributed by atoms with Gasteiger partial charge in [-0.25, -0.2) is 4.39 Å². The molecule has 0 aliphatic rings. The monoisotopic (exact) mass is 375 g/mol. The third-order valence-electron chi connectivity index (χ3n) is 4.46. The van der Waals surface area contributed by atoms with Gasteiger partial charge in [0, 0.05) is 35.5 Å². The molecule has 2 rings (SSSR count).